The molecule has 1 aromatic carbocycles. The van der Waals surface area contributed by atoms with Crippen LogP contribution in [0, 0.1) is 11.6 Å². The van der Waals surface area contributed by atoms with E-state index in [1.54, 1.807) is 5.10 Å². The highest BCUT2D eigenvalue weighted by molar-refractivity contribution is 5.87. The first-order chi connectivity index (χ1) is 20.6. The molecule has 2 N–H and O–H groups in total. The minimum Gasteiger partial charge on any atom is -0.378 e. The normalized spacial score (nSPS) is 13.1. The molecular formula is C26H19F10N5O3. The van der Waals surface area contributed by atoms with Crippen LogP contribution in [-0.4, -0.2) is 39.0 Å². The van der Waals surface area contributed by atoms with Gasteiger partial charge in [-0.2, -0.15) is 40.2 Å². The second-order valence-electron chi connectivity index (χ2n) is 9.32. The van der Waals surface area contributed by atoms with Gasteiger partial charge < -0.3 is 14.6 Å². The van der Waals surface area contributed by atoms with Crippen molar-refractivity contribution < 1.29 is 48.6 Å². The lowest BCUT2D eigenvalue weighted by atomic mass is 10.0. The van der Waals surface area contributed by atoms with Gasteiger partial charge in [-0.25, -0.2) is 13.9 Å². The highest BCUT2D eigenvalue weighted by Gasteiger charge is 2.38. The predicted octanol–water partition coefficient (Wildman–Crippen LogP) is 5.96. The van der Waals surface area contributed by atoms with Crippen molar-refractivity contribution in [2.45, 2.75) is 44.4 Å². The number of fused-ring (bicyclic) bond motifs is 1. The molecule has 3 aromatic heterocycles. The van der Waals surface area contributed by atoms with E-state index >= 15 is 4.39 Å². The van der Waals surface area contributed by atoms with Crippen LogP contribution in [0.3, 0.4) is 0 Å². The second-order valence-corrected chi connectivity index (χ2v) is 9.32. The highest BCUT2D eigenvalue weighted by atomic mass is 19.4. The van der Waals surface area contributed by atoms with Crippen molar-refractivity contribution >= 4 is 16.5 Å². The summed E-state index contributed by atoms with van der Waals surface area (Å²) in [6.45, 7) is -4.32. The van der Waals surface area contributed by atoms with Crippen LogP contribution in [0.15, 0.2) is 52.4 Å². The maximum atomic E-state index is 15.1. The van der Waals surface area contributed by atoms with Crippen LogP contribution in [0.2, 0.25) is 0 Å². The van der Waals surface area contributed by atoms with Gasteiger partial charge >= 0.3 is 19.0 Å². The van der Waals surface area contributed by atoms with Crippen LogP contribution in [-0.2, 0) is 23.6 Å². The Labute approximate surface area is 239 Å². The second kappa shape index (κ2) is 12.6. The molecule has 0 aliphatic carbocycles. The van der Waals surface area contributed by atoms with E-state index in [2.05, 4.69) is 20.1 Å². The van der Waals surface area contributed by atoms with E-state index in [9.17, 15) is 49.1 Å². The summed E-state index contributed by atoms with van der Waals surface area (Å²) >= 11 is 0. The Balaban J connectivity index is 1.56. The standard InChI is InChI=1S/C26H19F10N5O3/c27-20-15(16-4-3-13(9-37-16)25(31,32)33)8-12-5-7-41(23(43)18(12)21(20)28)6-1-2-14(11-44-24(29)30)39-17-10-38-40-22(42)19(17)26(34,35)36/h3-5,7-10,14,24H,1-2,6,11H2,(H2,39,40,42). The quantitative estimate of drug-likeness (QED) is 0.208. The number of H-pyrrole nitrogens is 1. The molecule has 4 rings (SSSR count). The van der Waals surface area contributed by atoms with E-state index in [0.29, 0.717) is 18.5 Å². The van der Waals surface area contributed by atoms with E-state index < -0.39 is 82.1 Å². The number of aromatic amines is 1. The summed E-state index contributed by atoms with van der Waals surface area (Å²) in [7, 11) is 0. The van der Waals surface area contributed by atoms with Crippen molar-refractivity contribution in [3.8, 4) is 11.3 Å². The fraction of sp³-hybridized carbons (Fsp3) is 0.308. The molecule has 0 aliphatic heterocycles. The van der Waals surface area contributed by atoms with Crippen LogP contribution in [0.4, 0.5) is 49.6 Å². The van der Waals surface area contributed by atoms with Crippen LogP contribution < -0.4 is 16.4 Å². The average Bonchev–Trinajstić information content (AvgIpc) is 2.93. The number of alkyl halides is 8. The molecular weight excluding hydrogens is 620 g/mol. The molecule has 4 aromatic rings. The summed E-state index contributed by atoms with van der Waals surface area (Å²) in [5.41, 5.74) is -6.98. The monoisotopic (exact) mass is 639 g/mol. The minimum atomic E-state index is -5.12. The molecule has 44 heavy (non-hydrogen) atoms. The van der Waals surface area contributed by atoms with Crippen LogP contribution >= 0.6 is 0 Å². The number of halogens is 10. The first-order valence-electron chi connectivity index (χ1n) is 12.4. The number of pyridine rings is 2. The number of benzene rings is 1. The molecule has 1 unspecified atom stereocenters. The molecule has 0 bridgehead atoms. The molecule has 0 spiro atoms. The Hall–Kier alpha value is -4.48. The lowest BCUT2D eigenvalue weighted by molar-refractivity contribution is -0.139. The first-order valence-corrected chi connectivity index (χ1v) is 12.4. The van der Waals surface area contributed by atoms with E-state index in [0.717, 1.165) is 16.7 Å². The van der Waals surface area contributed by atoms with E-state index in [1.165, 1.54) is 12.3 Å². The van der Waals surface area contributed by atoms with Gasteiger partial charge in [0, 0.05) is 30.5 Å². The SMILES string of the molecule is O=c1[nH]ncc(NC(CCCn2ccc3cc(-c4ccc(C(F)(F)F)cn4)c(F)c(F)c3c2=O)COC(F)F)c1C(F)(F)F. The summed E-state index contributed by atoms with van der Waals surface area (Å²) in [5, 5.41) is 6.42. The van der Waals surface area contributed by atoms with Crippen molar-refractivity contribution in [1.82, 2.24) is 19.7 Å². The topological polar surface area (TPSA) is 102 Å². The minimum absolute atomic E-state index is 0.0781. The largest absolute Gasteiger partial charge is 0.423 e. The van der Waals surface area contributed by atoms with Crippen molar-refractivity contribution in [1.29, 1.82) is 0 Å². The van der Waals surface area contributed by atoms with Crippen molar-refractivity contribution in [3.63, 3.8) is 0 Å². The number of aromatic nitrogens is 4. The third-order valence-corrected chi connectivity index (χ3v) is 6.39. The summed E-state index contributed by atoms with van der Waals surface area (Å²) in [6.07, 6.45) is -7.83. The molecule has 0 amide bonds. The van der Waals surface area contributed by atoms with Gasteiger partial charge in [-0.15, -0.1) is 0 Å². The third-order valence-electron chi connectivity index (χ3n) is 6.39. The van der Waals surface area contributed by atoms with E-state index in [1.807, 2.05) is 0 Å². The number of nitrogens with one attached hydrogen (secondary N) is 2. The van der Waals surface area contributed by atoms with Gasteiger partial charge in [-0.1, -0.05) is 0 Å². The molecule has 3 heterocycles. The molecule has 0 saturated heterocycles. The van der Waals surface area contributed by atoms with E-state index in [4.69, 9.17) is 0 Å². The number of rotatable bonds is 10. The summed E-state index contributed by atoms with van der Waals surface area (Å²) in [5.74, 6) is -3.13. The smallest absolute Gasteiger partial charge is 0.378 e. The summed E-state index contributed by atoms with van der Waals surface area (Å²) in [6, 6.07) is 2.49. The number of ether oxygens (including phenoxy) is 1. The van der Waals surface area contributed by atoms with Gasteiger partial charge in [0.05, 0.1) is 35.1 Å². The third kappa shape index (κ3) is 7.17. The van der Waals surface area contributed by atoms with Gasteiger partial charge in [0.15, 0.2) is 11.6 Å². The van der Waals surface area contributed by atoms with Gasteiger partial charge in [0.1, 0.15) is 5.56 Å². The molecule has 0 aliphatic rings. The number of hydrogen-bond donors (Lipinski definition) is 2. The van der Waals surface area contributed by atoms with Crippen LogP contribution in [0.25, 0.3) is 22.0 Å². The molecule has 8 nitrogen and oxygen atoms in total. The lowest BCUT2D eigenvalue weighted by Gasteiger charge is -2.22. The Morgan fingerprint density at radius 2 is 1.70 bits per heavy atom. The highest BCUT2D eigenvalue weighted by Crippen LogP contribution is 2.33. The Bertz CT molecular complexity index is 1750. The van der Waals surface area contributed by atoms with Gasteiger partial charge in [0.25, 0.3) is 11.1 Å². The first kappa shape index (κ1) is 32.4. The zero-order chi connectivity index (χ0) is 32.4. The van der Waals surface area contributed by atoms with Crippen molar-refractivity contribution in [2.75, 3.05) is 11.9 Å². The van der Waals surface area contributed by atoms with Crippen LogP contribution in [0.1, 0.15) is 24.0 Å². The Morgan fingerprint density at radius 1 is 0.977 bits per heavy atom. The van der Waals surface area contributed by atoms with Crippen molar-refractivity contribution in [3.05, 3.63) is 86.3 Å². The van der Waals surface area contributed by atoms with Gasteiger partial charge in [0.2, 0.25) is 0 Å². The van der Waals surface area contributed by atoms with Crippen molar-refractivity contribution in [2.24, 2.45) is 0 Å². The fourth-order valence-corrected chi connectivity index (χ4v) is 4.36. The maximum Gasteiger partial charge on any atom is 0.423 e. The molecule has 1 atom stereocenters. The lowest BCUT2D eigenvalue weighted by Crippen LogP contribution is -2.32. The molecule has 0 saturated carbocycles. The summed E-state index contributed by atoms with van der Waals surface area (Å²) in [4.78, 5) is 28.2. The molecule has 0 radical (unpaired) electrons. The predicted molar refractivity (Wildman–Crippen MR) is 135 cm³/mol. The fourth-order valence-electron chi connectivity index (χ4n) is 4.36. The molecule has 236 valence electrons. The zero-order valence-corrected chi connectivity index (χ0v) is 21.9. The Kier molecular flexibility index (Phi) is 9.31. The zero-order valence-electron chi connectivity index (χ0n) is 21.9. The average molecular weight is 639 g/mol. The van der Waals surface area contributed by atoms with E-state index in [-0.39, 0.29) is 30.5 Å². The summed E-state index contributed by atoms with van der Waals surface area (Å²) < 4.78 is 139. The van der Waals surface area contributed by atoms with Gasteiger partial charge in [-0.3, -0.25) is 14.6 Å². The number of nitrogens with zero attached hydrogens (tertiary/aromatic N) is 3. The number of anilines is 1. The molecule has 18 heteroatoms. The van der Waals surface area contributed by atoms with Gasteiger partial charge in [-0.05, 0) is 42.5 Å². The molecule has 0 fully saturated rings. The maximum absolute atomic E-state index is 15.1. The van der Waals surface area contributed by atoms with Crippen LogP contribution in [0.5, 0.6) is 0 Å². The Morgan fingerprint density at radius 3 is 2.32 bits per heavy atom. The number of hydrogen-bond acceptors (Lipinski definition) is 6. The number of aryl methyl sites for hydroxylation is 1.